The van der Waals surface area contributed by atoms with Crippen molar-refractivity contribution in [2.45, 2.75) is 19.9 Å². The van der Waals surface area contributed by atoms with E-state index in [0.29, 0.717) is 26.2 Å². The van der Waals surface area contributed by atoms with Gasteiger partial charge in [-0.3, -0.25) is 0 Å². The molecule has 114 valence electrons. The summed E-state index contributed by atoms with van der Waals surface area (Å²) in [6.45, 7) is 4.52. The molecule has 0 spiro atoms. The van der Waals surface area contributed by atoms with Gasteiger partial charge in [-0.05, 0) is 25.5 Å². The zero-order chi connectivity index (χ0) is 15.1. The number of urea groups is 1. The number of rotatable bonds is 7. The minimum Gasteiger partial charge on any atom is -0.385 e. The Morgan fingerprint density at radius 3 is 2.86 bits per heavy atom. The Balaban J connectivity index is 1.80. The van der Waals surface area contributed by atoms with Gasteiger partial charge < -0.3 is 19.9 Å². The van der Waals surface area contributed by atoms with E-state index in [1.807, 2.05) is 31.2 Å². The van der Waals surface area contributed by atoms with Gasteiger partial charge in [-0.2, -0.15) is 0 Å². The van der Waals surface area contributed by atoms with Crippen molar-refractivity contribution in [2.24, 2.45) is 0 Å². The molecule has 2 amide bonds. The highest BCUT2D eigenvalue weighted by molar-refractivity contribution is 5.76. The van der Waals surface area contributed by atoms with Gasteiger partial charge in [0.15, 0.2) is 0 Å². The van der Waals surface area contributed by atoms with Crippen LogP contribution in [0, 0.1) is 6.92 Å². The summed E-state index contributed by atoms with van der Waals surface area (Å²) in [4.78, 5) is 16.1. The number of nitrogens with one attached hydrogen (secondary N) is 2. The number of aromatic nitrogens is 2. The van der Waals surface area contributed by atoms with Crippen LogP contribution in [-0.2, 0) is 11.3 Å². The molecule has 0 radical (unpaired) electrons. The molecule has 2 rings (SSSR count). The minimum atomic E-state index is -0.145. The highest BCUT2D eigenvalue weighted by Gasteiger charge is 2.06. The molecule has 6 heteroatoms. The van der Waals surface area contributed by atoms with E-state index in [9.17, 15) is 4.79 Å². The first-order valence-corrected chi connectivity index (χ1v) is 7.15. The third kappa shape index (κ3) is 4.19. The SMILES string of the molecule is COCCCNC(=O)NCCn1c(C)nc2ccccc21. The number of amides is 2. The van der Waals surface area contributed by atoms with Crippen molar-refractivity contribution in [3.8, 4) is 0 Å². The molecule has 6 nitrogen and oxygen atoms in total. The maximum absolute atomic E-state index is 11.6. The van der Waals surface area contributed by atoms with Crippen molar-refractivity contribution < 1.29 is 9.53 Å². The maximum Gasteiger partial charge on any atom is 0.314 e. The van der Waals surface area contributed by atoms with Crippen LogP contribution in [0.1, 0.15) is 12.2 Å². The first-order chi connectivity index (χ1) is 10.2. The Kier molecular flexibility index (Phi) is 5.57. The van der Waals surface area contributed by atoms with Crippen molar-refractivity contribution in [1.29, 1.82) is 0 Å². The largest absolute Gasteiger partial charge is 0.385 e. The summed E-state index contributed by atoms with van der Waals surface area (Å²) in [5.74, 6) is 0.957. The Morgan fingerprint density at radius 1 is 1.29 bits per heavy atom. The third-order valence-corrected chi connectivity index (χ3v) is 3.28. The van der Waals surface area contributed by atoms with Crippen molar-refractivity contribution >= 4 is 17.1 Å². The molecule has 1 aromatic carbocycles. The molecule has 0 saturated heterocycles. The zero-order valence-electron chi connectivity index (χ0n) is 12.6. The fourth-order valence-electron chi connectivity index (χ4n) is 2.24. The smallest absolute Gasteiger partial charge is 0.314 e. The summed E-state index contributed by atoms with van der Waals surface area (Å²) < 4.78 is 7.04. The van der Waals surface area contributed by atoms with Crippen LogP contribution in [0.3, 0.4) is 0 Å². The number of fused-ring (bicyclic) bond motifs is 1. The molecular formula is C15H22N4O2. The van der Waals surface area contributed by atoms with Gasteiger partial charge in [0.25, 0.3) is 0 Å². The number of nitrogens with zero attached hydrogens (tertiary/aromatic N) is 2. The summed E-state index contributed by atoms with van der Waals surface area (Å²) in [6.07, 6.45) is 0.815. The summed E-state index contributed by atoms with van der Waals surface area (Å²) >= 11 is 0. The Labute approximate surface area is 124 Å². The van der Waals surface area contributed by atoms with E-state index in [1.54, 1.807) is 7.11 Å². The van der Waals surface area contributed by atoms with Gasteiger partial charge in [0.2, 0.25) is 0 Å². The number of imidazole rings is 1. The molecule has 0 aliphatic heterocycles. The summed E-state index contributed by atoms with van der Waals surface area (Å²) in [5, 5.41) is 5.64. The van der Waals surface area contributed by atoms with Crippen LogP contribution in [0.2, 0.25) is 0 Å². The summed E-state index contributed by atoms with van der Waals surface area (Å²) in [6, 6.07) is 7.86. The standard InChI is InChI=1S/C15H22N4O2/c1-12-18-13-6-3-4-7-14(13)19(12)10-9-17-15(20)16-8-5-11-21-2/h3-4,6-7H,5,8-11H2,1-2H3,(H2,16,17,20). The second kappa shape index (κ2) is 7.64. The molecular weight excluding hydrogens is 268 g/mol. The Morgan fingerprint density at radius 2 is 2.05 bits per heavy atom. The number of aryl methyl sites for hydroxylation is 1. The number of carbonyl (C=O) groups excluding carboxylic acids is 1. The first kappa shape index (κ1) is 15.3. The average molecular weight is 290 g/mol. The van der Waals surface area contributed by atoms with Gasteiger partial charge in [-0.1, -0.05) is 12.1 Å². The van der Waals surface area contributed by atoms with E-state index in [-0.39, 0.29) is 6.03 Å². The molecule has 2 N–H and O–H groups in total. The van der Waals surface area contributed by atoms with Crippen molar-refractivity contribution in [3.05, 3.63) is 30.1 Å². The molecule has 2 aromatic rings. The topological polar surface area (TPSA) is 68.2 Å². The second-order valence-corrected chi connectivity index (χ2v) is 4.83. The van der Waals surface area contributed by atoms with E-state index in [1.165, 1.54) is 0 Å². The third-order valence-electron chi connectivity index (χ3n) is 3.28. The van der Waals surface area contributed by atoms with E-state index in [0.717, 1.165) is 23.3 Å². The highest BCUT2D eigenvalue weighted by atomic mass is 16.5. The number of hydrogen-bond donors (Lipinski definition) is 2. The van der Waals surface area contributed by atoms with Gasteiger partial charge in [0, 0.05) is 33.4 Å². The molecule has 21 heavy (non-hydrogen) atoms. The monoisotopic (exact) mass is 290 g/mol. The van der Waals surface area contributed by atoms with Gasteiger partial charge in [-0.15, -0.1) is 0 Å². The molecule has 1 aromatic heterocycles. The minimum absolute atomic E-state index is 0.145. The quantitative estimate of drug-likeness (QED) is 0.762. The first-order valence-electron chi connectivity index (χ1n) is 7.15. The predicted molar refractivity (Wildman–Crippen MR) is 82.4 cm³/mol. The van der Waals surface area contributed by atoms with Crippen LogP contribution in [0.5, 0.6) is 0 Å². The van der Waals surface area contributed by atoms with Crippen LogP contribution in [0.15, 0.2) is 24.3 Å². The van der Waals surface area contributed by atoms with Crippen LogP contribution in [0.25, 0.3) is 11.0 Å². The van der Waals surface area contributed by atoms with Crippen LogP contribution in [-0.4, -0.2) is 42.4 Å². The maximum atomic E-state index is 11.6. The lowest BCUT2D eigenvalue weighted by molar-refractivity contribution is 0.193. The normalized spacial score (nSPS) is 10.8. The van der Waals surface area contributed by atoms with E-state index >= 15 is 0 Å². The fraction of sp³-hybridized carbons (Fsp3) is 0.467. The van der Waals surface area contributed by atoms with Gasteiger partial charge in [-0.25, -0.2) is 9.78 Å². The fourth-order valence-corrected chi connectivity index (χ4v) is 2.24. The number of para-hydroxylation sites is 2. The molecule has 1 heterocycles. The average Bonchev–Trinajstić information content (AvgIpc) is 2.80. The van der Waals surface area contributed by atoms with Crippen LogP contribution >= 0.6 is 0 Å². The van der Waals surface area contributed by atoms with E-state index in [2.05, 4.69) is 20.2 Å². The van der Waals surface area contributed by atoms with Crippen molar-refractivity contribution in [2.75, 3.05) is 26.8 Å². The van der Waals surface area contributed by atoms with E-state index in [4.69, 9.17) is 4.74 Å². The number of hydrogen-bond acceptors (Lipinski definition) is 3. The van der Waals surface area contributed by atoms with Gasteiger partial charge in [0.1, 0.15) is 5.82 Å². The molecule has 0 fully saturated rings. The molecule has 0 bridgehead atoms. The number of ether oxygens (including phenoxy) is 1. The van der Waals surface area contributed by atoms with E-state index < -0.39 is 0 Å². The highest BCUT2D eigenvalue weighted by Crippen LogP contribution is 2.14. The number of benzene rings is 1. The molecule has 0 aliphatic carbocycles. The van der Waals surface area contributed by atoms with Gasteiger partial charge >= 0.3 is 6.03 Å². The Bertz CT molecular complexity index is 594. The molecule has 0 aliphatic rings. The van der Waals surface area contributed by atoms with Crippen molar-refractivity contribution in [1.82, 2.24) is 20.2 Å². The number of carbonyl (C=O) groups is 1. The van der Waals surface area contributed by atoms with Crippen LogP contribution < -0.4 is 10.6 Å². The zero-order valence-corrected chi connectivity index (χ0v) is 12.6. The molecule has 0 saturated carbocycles. The summed E-state index contributed by atoms with van der Waals surface area (Å²) in [5.41, 5.74) is 2.08. The lowest BCUT2D eigenvalue weighted by atomic mass is 10.3. The molecule has 0 unspecified atom stereocenters. The van der Waals surface area contributed by atoms with Gasteiger partial charge in [0.05, 0.1) is 11.0 Å². The second-order valence-electron chi connectivity index (χ2n) is 4.83. The van der Waals surface area contributed by atoms with Crippen molar-refractivity contribution in [3.63, 3.8) is 0 Å². The predicted octanol–water partition coefficient (Wildman–Crippen LogP) is 1.68. The Hall–Kier alpha value is -2.08. The number of methoxy groups -OCH3 is 1. The lowest BCUT2D eigenvalue weighted by Crippen LogP contribution is -2.38. The van der Waals surface area contributed by atoms with Crippen LogP contribution in [0.4, 0.5) is 4.79 Å². The lowest BCUT2D eigenvalue weighted by Gasteiger charge is -2.09. The molecule has 0 atom stereocenters. The summed E-state index contributed by atoms with van der Waals surface area (Å²) in [7, 11) is 1.65.